The van der Waals surface area contributed by atoms with E-state index in [2.05, 4.69) is 15.0 Å². The van der Waals surface area contributed by atoms with Gasteiger partial charge in [-0.25, -0.2) is 4.79 Å². The number of carbonyl (C=O) groups excluding carboxylic acids is 1. The first-order valence-electron chi connectivity index (χ1n) is 5.71. The van der Waals surface area contributed by atoms with Gasteiger partial charge in [0.15, 0.2) is 0 Å². The Labute approximate surface area is 110 Å². The third-order valence-electron chi connectivity index (χ3n) is 2.71. The highest BCUT2D eigenvalue weighted by Crippen LogP contribution is 2.25. The monoisotopic (exact) mass is 258 g/mol. The lowest BCUT2D eigenvalue weighted by Crippen LogP contribution is -2.06. The Bertz CT molecular complexity index is 611. The molecule has 5 heteroatoms. The molecule has 0 spiro atoms. The summed E-state index contributed by atoms with van der Waals surface area (Å²) in [5, 5.41) is 12.7. The number of aromatic nitrogens is 1. The second-order valence-corrected chi connectivity index (χ2v) is 4.04. The summed E-state index contributed by atoms with van der Waals surface area (Å²) in [6.07, 6.45) is 3.00. The molecule has 0 unspecified atom stereocenters. The molecular formula is C14H14N2O3. The molecule has 1 heterocycles. The van der Waals surface area contributed by atoms with Gasteiger partial charge in [0.2, 0.25) is 0 Å². The molecule has 0 bridgehead atoms. The van der Waals surface area contributed by atoms with Crippen molar-refractivity contribution in [3.8, 4) is 5.75 Å². The minimum absolute atomic E-state index is 0.193. The van der Waals surface area contributed by atoms with Crippen LogP contribution in [0, 0.1) is 6.92 Å². The van der Waals surface area contributed by atoms with Crippen molar-refractivity contribution < 1.29 is 14.6 Å². The van der Waals surface area contributed by atoms with Crippen LogP contribution >= 0.6 is 0 Å². The first-order chi connectivity index (χ1) is 9.11. The van der Waals surface area contributed by atoms with E-state index in [9.17, 15) is 9.90 Å². The number of phenols is 1. The van der Waals surface area contributed by atoms with Crippen LogP contribution in [0.3, 0.4) is 0 Å². The largest absolute Gasteiger partial charge is 0.508 e. The number of nitrogens with one attached hydrogen (secondary N) is 1. The number of ether oxygens (including phenoxy) is 1. The summed E-state index contributed by atoms with van der Waals surface area (Å²) in [4.78, 5) is 15.5. The summed E-state index contributed by atoms with van der Waals surface area (Å²) in [5.41, 5.74) is 2.38. The SMILES string of the molecule is COC(=O)c1cnccc1Nc1ccc(C)c(O)c1. The standard InChI is InChI=1S/C14H14N2O3/c1-9-3-4-10(7-13(9)17)16-12-5-6-15-8-11(12)14(18)19-2/h3-8,17H,1-2H3,(H,15,16). The number of benzene rings is 1. The van der Waals surface area contributed by atoms with Gasteiger partial charge in [-0.05, 0) is 24.6 Å². The van der Waals surface area contributed by atoms with Crippen molar-refractivity contribution in [2.75, 3.05) is 12.4 Å². The molecule has 98 valence electrons. The molecule has 1 aromatic carbocycles. The van der Waals surface area contributed by atoms with Crippen LogP contribution in [0.5, 0.6) is 5.75 Å². The molecular weight excluding hydrogens is 244 g/mol. The van der Waals surface area contributed by atoms with E-state index >= 15 is 0 Å². The molecule has 2 N–H and O–H groups in total. The number of carbonyl (C=O) groups is 1. The molecule has 0 saturated carbocycles. The number of methoxy groups -OCH3 is 1. The van der Waals surface area contributed by atoms with Crippen LogP contribution in [0.15, 0.2) is 36.7 Å². The van der Waals surface area contributed by atoms with E-state index in [0.717, 1.165) is 5.56 Å². The van der Waals surface area contributed by atoms with Crippen LogP contribution < -0.4 is 5.32 Å². The van der Waals surface area contributed by atoms with E-state index in [1.165, 1.54) is 13.3 Å². The maximum Gasteiger partial charge on any atom is 0.341 e. The van der Waals surface area contributed by atoms with Crippen molar-refractivity contribution in [2.45, 2.75) is 6.92 Å². The molecule has 19 heavy (non-hydrogen) atoms. The predicted molar refractivity (Wildman–Crippen MR) is 71.7 cm³/mol. The molecule has 0 fully saturated rings. The van der Waals surface area contributed by atoms with Gasteiger partial charge in [0.25, 0.3) is 0 Å². The molecule has 0 saturated heterocycles. The first kappa shape index (κ1) is 12.9. The predicted octanol–water partition coefficient (Wildman–Crippen LogP) is 2.63. The quantitative estimate of drug-likeness (QED) is 0.828. The van der Waals surface area contributed by atoms with Gasteiger partial charge in [-0.15, -0.1) is 0 Å². The summed E-state index contributed by atoms with van der Waals surface area (Å²) in [7, 11) is 1.32. The molecule has 0 amide bonds. The molecule has 2 rings (SSSR count). The highest BCUT2D eigenvalue weighted by Gasteiger charge is 2.12. The van der Waals surface area contributed by atoms with Gasteiger partial charge < -0.3 is 15.2 Å². The zero-order chi connectivity index (χ0) is 13.8. The number of aromatic hydroxyl groups is 1. The molecule has 0 atom stereocenters. The van der Waals surface area contributed by atoms with Crippen molar-refractivity contribution in [1.29, 1.82) is 0 Å². The van der Waals surface area contributed by atoms with Crippen molar-refractivity contribution in [3.63, 3.8) is 0 Å². The average molecular weight is 258 g/mol. The highest BCUT2D eigenvalue weighted by atomic mass is 16.5. The molecule has 0 aliphatic heterocycles. The number of hydrogen-bond acceptors (Lipinski definition) is 5. The number of aryl methyl sites for hydroxylation is 1. The van der Waals surface area contributed by atoms with E-state index in [-0.39, 0.29) is 5.75 Å². The first-order valence-corrected chi connectivity index (χ1v) is 5.71. The third kappa shape index (κ3) is 2.82. The second kappa shape index (κ2) is 5.39. The Morgan fingerprint density at radius 3 is 2.84 bits per heavy atom. The topological polar surface area (TPSA) is 71.5 Å². The second-order valence-electron chi connectivity index (χ2n) is 4.04. The number of anilines is 2. The third-order valence-corrected chi connectivity index (χ3v) is 2.71. The van der Waals surface area contributed by atoms with Gasteiger partial charge in [-0.3, -0.25) is 4.98 Å². The van der Waals surface area contributed by atoms with Crippen molar-refractivity contribution in [1.82, 2.24) is 4.98 Å². The molecule has 0 radical (unpaired) electrons. The van der Waals surface area contributed by atoms with Crippen molar-refractivity contribution in [2.24, 2.45) is 0 Å². The molecule has 0 aliphatic rings. The zero-order valence-electron chi connectivity index (χ0n) is 10.7. The molecule has 0 aliphatic carbocycles. The van der Waals surface area contributed by atoms with Crippen LogP contribution in [-0.2, 0) is 4.74 Å². The fourth-order valence-electron chi connectivity index (χ4n) is 1.62. The van der Waals surface area contributed by atoms with E-state index in [4.69, 9.17) is 0 Å². The van der Waals surface area contributed by atoms with Crippen LogP contribution in [0.2, 0.25) is 0 Å². The van der Waals surface area contributed by atoms with Crippen LogP contribution in [0.4, 0.5) is 11.4 Å². The Morgan fingerprint density at radius 2 is 2.16 bits per heavy atom. The van der Waals surface area contributed by atoms with E-state index in [1.807, 2.05) is 13.0 Å². The number of hydrogen-bond donors (Lipinski definition) is 2. The van der Waals surface area contributed by atoms with Gasteiger partial charge in [0, 0.05) is 24.1 Å². The average Bonchev–Trinajstić information content (AvgIpc) is 2.43. The Balaban J connectivity index is 2.32. The Hall–Kier alpha value is -2.56. The van der Waals surface area contributed by atoms with Gasteiger partial charge in [0.05, 0.1) is 12.8 Å². The highest BCUT2D eigenvalue weighted by molar-refractivity contribution is 5.96. The molecule has 1 aromatic heterocycles. The minimum Gasteiger partial charge on any atom is -0.508 e. The number of phenolic OH excluding ortho intramolecular Hbond substituents is 1. The summed E-state index contributed by atoms with van der Waals surface area (Å²) in [5.74, 6) is -0.273. The van der Waals surface area contributed by atoms with Gasteiger partial charge >= 0.3 is 5.97 Å². The van der Waals surface area contributed by atoms with Crippen molar-refractivity contribution in [3.05, 3.63) is 47.8 Å². The Morgan fingerprint density at radius 1 is 1.37 bits per heavy atom. The normalized spacial score (nSPS) is 10.0. The van der Waals surface area contributed by atoms with Crippen LogP contribution in [0.25, 0.3) is 0 Å². The van der Waals surface area contributed by atoms with E-state index in [1.54, 1.807) is 24.4 Å². The van der Waals surface area contributed by atoms with Gasteiger partial charge in [-0.1, -0.05) is 6.07 Å². The number of pyridine rings is 1. The maximum atomic E-state index is 11.6. The van der Waals surface area contributed by atoms with E-state index < -0.39 is 5.97 Å². The molecule has 2 aromatic rings. The lowest BCUT2D eigenvalue weighted by atomic mass is 10.2. The number of rotatable bonds is 3. The summed E-state index contributed by atoms with van der Waals surface area (Å²) >= 11 is 0. The van der Waals surface area contributed by atoms with Crippen LogP contribution in [0.1, 0.15) is 15.9 Å². The Kier molecular flexibility index (Phi) is 3.66. The number of esters is 1. The summed E-state index contributed by atoms with van der Waals surface area (Å²) < 4.78 is 4.69. The van der Waals surface area contributed by atoms with Gasteiger partial charge in [0.1, 0.15) is 11.3 Å². The fourth-order valence-corrected chi connectivity index (χ4v) is 1.62. The van der Waals surface area contributed by atoms with Gasteiger partial charge in [-0.2, -0.15) is 0 Å². The number of nitrogens with zero attached hydrogens (tertiary/aromatic N) is 1. The fraction of sp³-hybridized carbons (Fsp3) is 0.143. The summed E-state index contributed by atoms with van der Waals surface area (Å²) in [6.45, 7) is 1.81. The van der Waals surface area contributed by atoms with Crippen LogP contribution in [-0.4, -0.2) is 23.2 Å². The summed E-state index contributed by atoms with van der Waals surface area (Å²) in [6, 6.07) is 6.87. The van der Waals surface area contributed by atoms with Crippen molar-refractivity contribution >= 4 is 17.3 Å². The maximum absolute atomic E-state index is 11.6. The minimum atomic E-state index is -0.466. The van der Waals surface area contributed by atoms with E-state index in [0.29, 0.717) is 16.9 Å². The molecule has 5 nitrogen and oxygen atoms in total. The smallest absolute Gasteiger partial charge is 0.341 e. The zero-order valence-corrected chi connectivity index (χ0v) is 10.7. The lowest BCUT2D eigenvalue weighted by Gasteiger charge is -2.11. The lowest BCUT2D eigenvalue weighted by molar-refractivity contribution is 0.0601.